The maximum absolute atomic E-state index is 12.2. The smallest absolute Gasteiger partial charge is 0.305 e. The Morgan fingerprint density at radius 1 is 1.18 bits per heavy atom. The van der Waals surface area contributed by atoms with E-state index < -0.39 is 10.0 Å². The molecular formula is C14H12N2O3S3. The number of thiazole rings is 1. The number of anilines is 1. The first-order chi connectivity index (χ1) is 10.5. The van der Waals surface area contributed by atoms with Crippen LogP contribution in [0.1, 0.15) is 4.88 Å². The number of aromatic nitrogens is 1. The average Bonchev–Trinajstić information content (AvgIpc) is 3.08. The summed E-state index contributed by atoms with van der Waals surface area (Å²) in [5.41, 5.74) is 1.94. The first kappa shape index (κ1) is 15.0. The van der Waals surface area contributed by atoms with Crippen molar-refractivity contribution in [3.63, 3.8) is 0 Å². The van der Waals surface area contributed by atoms with Gasteiger partial charge in [0.15, 0.2) is 0 Å². The van der Waals surface area contributed by atoms with Crippen LogP contribution < -0.4 is 9.60 Å². The van der Waals surface area contributed by atoms with Crippen LogP contribution in [0.5, 0.6) is 0 Å². The predicted molar refractivity (Wildman–Crippen MR) is 90.2 cm³/mol. The largest absolute Gasteiger partial charge is 0.312 e. The lowest BCUT2D eigenvalue weighted by Gasteiger charge is -2.08. The van der Waals surface area contributed by atoms with Crippen LogP contribution in [0.3, 0.4) is 0 Å². The Balaban J connectivity index is 1.96. The van der Waals surface area contributed by atoms with Gasteiger partial charge in [0.25, 0.3) is 10.0 Å². The number of rotatable bonds is 4. The summed E-state index contributed by atoms with van der Waals surface area (Å²) in [6.07, 6.45) is 0. The minimum atomic E-state index is -3.57. The van der Waals surface area contributed by atoms with Gasteiger partial charge >= 0.3 is 4.87 Å². The van der Waals surface area contributed by atoms with Crippen LogP contribution in [0.2, 0.25) is 0 Å². The standard InChI is InChI=1S/C14H12N2O3S3/c1-9-13(15-14(17)21-9)10-4-2-5-11(8-10)16-22(18,19)12-6-3-7-20-12/h2-8,16H,1H3,(H,15,17). The quantitative estimate of drug-likeness (QED) is 0.756. The Bertz CT molecular complexity index is 953. The van der Waals surface area contributed by atoms with E-state index in [1.54, 1.807) is 35.7 Å². The van der Waals surface area contributed by atoms with Crippen LogP contribution in [0.4, 0.5) is 5.69 Å². The van der Waals surface area contributed by atoms with Crippen molar-refractivity contribution in [2.45, 2.75) is 11.1 Å². The van der Waals surface area contributed by atoms with Crippen molar-refractivity contribution in [1.82, 2.24) is 4.98 Å². The van der Waals surface area contributed by atoms with Gasteiger partial charge in [-0.1, -0.05) is 29.5 Å². The molecule has 0 saturated heterocycles. The van der Waals surface area contributed by atoms with Gasteiger partial charge in [-0.3, -0.25) is 9.52 Å². The SMILES string of the molecule is Cc1sc(=O)[nH]c1-c1cccc(NS(=O)(=O)c2cccs2)c1. The zero-order valence-corrected chi connectivity index (χ0v) is 13.9. The van der Waals surface area contributed by atoms with Crippen LogP contribution in [0, 0.1) is 6.92 Å². The van der Waals surface area contributed by atoms with E-state index in [0.717, 1.165) is 33.1 Å². The van der Waals surface area contributed by atoms with E-state index >= 15 is 0 Å². The molecule has 5 nitrogen and oxygen atoms in total. The fraction of sp³-hybridized carbons (Fsp3) is 0.0714. The Hall–Kier alpha value is -1.90. The van der Waals surface area contributed by atoms with Crippen LogP contribution in [0.15, 0.2) is 50.8 Å². The Morgan fingerprint density at radius 3 is 2.64 bits per heavy atom. The van der Waals surface area contributed by atoms with E-state index in [1.807, 2.05) is 13.0 Å². The molecule has 0 unspecified atom stereocenters. The van der Waals surface area contributed by atoms with Crippen molar-refractivity contribution in [2.24, 2.45) is 0 Å². The maximum atomic E-state index is 12.2. The summed E-state index contributed by atoms with van der Waals surface area (Å²) < 4.78 is 27.3. The molecule has 0 aliphatic heterocycles. The molecule has 3 rings (SSSR count). The molecule has 2 heterocycles. The highest BCUT2D eigenvalue weighted by molar-refractivity contribution is 7.94. The zero-order valence-electron chi connectivity index (χ0n) is 11.5. The second kappa shape index (κ2) is 5.71. The number of hydrogen-bond acceptors (Lipinski definition) is 5. The Morgan fingerprint density at radius 2 is 2.00 bits per heavy atom. The van der Waals surface area contributed by atoms with Crippen LogP contribution >= 0.6 is 22.7 Å². The number of thiophene rings is 1. The van der Waals surface area contributed by atoms with E-state index in [-0.39, 0.29) is 9.08 Å². The van der Waals surface area contributed by atoms with Gasteiger partial charge in [0.2, 0.25) is 0 Å². The topological polar surface area (TPSA) is 79.0 Å². The summed E-state index contributed by atoms with van der Waals surface area (Å²) >= 11 is 2.29. The molecule has 0 atom stereocenters. The van der Waals surface area contributed by atoms with Gasteiger partial charge in [0.05, 0.1) is 5.69 Å². The molecule has 0 bridgehead atoms. The van der Waals surface area contributed by atoms with Gasteiger partial charge in [0, 0.05) is 16.1 Å². The number of hydrogen-bond donors (Lipinski definition) is 2. The van der Waals surface area contributed by atoms with Crippen molar-refractivity contribution in [3.8, 4) is 11.3 Å². The van der Waals surface area contributed by atoms with E-state index in [4.69, 9.17) is 0 Å². The van der Waals surface area contributed by atoms with Crippen molar-refractivity contribution in [3.05, 3.63) is 56.3 Å². The fourth-order valence-electron chi connectivity index (χ4n) is 2.04. The number of aromatic amines is 1. The lowest BCUT2D eigenvalue weighted by Crippen LogP contribution is -2.11. The summed E-state index contributed by atoms with van der Waals surface area (Å²) in [6.45, 7) is 1.85. The van der Waals surface area contributed by atoms with Crippen LogP contribution in [-0.2, 0) is 10.0 Å². The predicted octanol–water partition coefficient (Wildman–Crippen LogP) is 3.27. The van der Waals surface area contributed by atoms with Gasteiger partial charge in [-0.25, -0.2) is 8.42 Å². The van der Waals surface area contributed by atoms with Crippen molar-refractivity contribution >= 4 is 38.4 Å². The number of sulfonamides is 1. The molecule has 0 fully saturated rings. The summed E-state index contributed by atoms with van der Waals surface area (Å²) in [5, 5.41) is 1.71. The van der Waals surface area contributed by atoms with E-state index in [9.17, 15) is 13.2 Å². The van der Waals surface area contributed by atoms with Crippen molar-refractivity contribution in [2.75, 3.05) is 4.72 Å². The molecule has 1 aromatic carbocycles. The molecule has 2 aromatic heterocycles. The molecule has 3 aromatic rings. The highest BCUT2D eigenvalue weighted by Gasteiger charge is 2.15. The monoisotopic (exact) mass is 352 g/mol. The molecule has 0 radical (unpaired) electrons. The molecule has 8 heteroatoms. The summed E-state index contributed by atoms with van der Waals surface area (Å²) in [6, 6.07) is 10.2. The molecule has 2 N–H and O–H groups in total. The summed E-state index contributed by atoms with van der Waals surface area (Å²) in [7, 11) is -3.57. The number of benzene rings is 1. The number of nitrogens with one attached hydrogen (secondary N) is 2. The summed E-state index contributed by atoms with van der Waals surface area (Å²) in [4.78, 5) is 14.9. The minimum Gasteiger partial charge on any atom is -0.312 e. The molecular weight excluding hydrogens is 340 g/mol. The zero-order chi connectivity index (χ0) is 15.7. The van der Waals surface area contributed by atoms with Gasteiger partial charge in [-0.15, -0.1) is 11.3 Å². The number of H-pyrrole nitrogens is 1. The first-order valence-electron chi connectivity index (χ1n) is 6.32. The highest BCUT2D eigenvalue weighted by Crippen LogP contribution is 2.26. The molecule has 114 valence electrons. The lowest BCUT2D eigenvalue weighted by atomic mass is 10.1. The summed E-state index contributed by atoms with van der Waals surface area (Å²) in [5.74, 6) is 0. The van der Waals surface area contributed by atoms with Crippen molar-refractivity contribution in [1.29, 1.82) is 0 Å². The average molecular weight is 352 g/mol. The highest BCUT2D eigenvalue weighted by atomic mass is 32.2. The van der Waals surface area contributed by atoms with Gasteiger partial charge in [-0.05, 0) is 30.5 Å². The van der Waals surface area contributed by atoms with Crippen molar-refractivity contribution < 1.29 is 8.42 Å². The number of aryl methyl sites for hydroxylation is 1. The molecule has 0 amide bonds. The van der Waals surface area contributed by atoms with Gasteiger partial charge in [-0.2, -0.15) is 0 Å². The van der Waals surface area contributed by atoms with Crippen LogP contribution in [0.25, 0.3) is 11.3 Å². The Labute approximate surface area is 135 Å². The van der Waals surface area contributed by atoms with E-state index in [2.05, 4.69) is 9.71 Å². The normalized spacial score (nSPS) is 11.5. The molecule has 0 aliphatic carbocycles. The van der Waals surface area contributed by atoms with Crippen LogP contribution in [-0.4, -0.2) is 13.4 Å². The molecule has 22 heavy (non-hydrogen) atoms. The maximum Gasteiger partial charge on any atom is 0.305 e. The molecule has 0 spiro atoms. The second-order valence-corrected chi connectivity index (χ2v) is 8.61. The fourth-order valence-corrected chi connectivity index (χ4v) is 4.79. The van der Waals surface area contributed by atoms with Gasteiger partial charge in [0.1, 0.15) is 4.21 Å². The van der Waals surface area contributed by atoms with E-state index in [1.165, 1.54) is 0 Å². The third-order valence-corrected chi connectivity index (χ3v) is 6.56. The minimum absolute atomic E-state index is 0.128. The van der Waals surface area contributed by atoms with E-state index in [0.29, 0.717) is 11.4 Å². The van der Waals surface area contributed by atoms with Gasteiger partial charge < -0.3 is 4.98 Å². The molecule has 0 saturated carbocycles. The first-order valence-corrected chi connectivity index (χ1v) is 9.50. The third-order valence-electron chi connectivity index (χ3n) is 2.99. The lowest BCUT2D eigenvalue weighted by molar-refractivity contribution is 0.603. The Kier molecular flexibility index (Phi) is 3.90. The molecule has 0 aliphatic rings. The third kappa shape index (κ3) is 2.99. The second-order valence-electron chi connectivity index (χ2n) is 4.56.